The van der Waals surface area contributed by atoms with Gasteiger partial charge in [0, 0.05) is 12.1 Å². The summed E-state index contributed by atoms with van der Waals surface area (Å²) in [6.07, 6.45) is 2.20. The minimum absolute atomic E-state index is 0.197. The molecular weight excluding hydrogens is 495 g/mol. The molecular formula is C29H28ClFN2O4. The van der Waals surface area contributed by atoms with Crippen LogP contribution in [0.3, 0.4) is 0 Å². The molecule has 192 valence electrons. The van der Waals surface area contributed by atoms with Gasteiger partial charge in [-0.1, -0.05) is 54.1 Å². The maximum Gasteiger partial charge on any atom is 0.292 e. The maximum absolute atomic E-state index is 13.2. The molecule has 5 rings (SSSR count). The monoisotopic (exact) mass is 522 g/mol. The maximum atomic E-state index is 13.2. The summed E-state index contributed by atoms with van der Waals surface area (Å²) in [5.74, 6) is -1.24. The first kappa shape index (κ1) is 25.4. The van der Waals surface area contributed by atoms with Gasteiger partial charge < -0.3 is 20.1 Å². The van der Waals surface area contributed by atoms with Gasteiger partial charge >= 0.3 is 0 Å². The molecule has 0 aromatic heterocycles. The Bertz CT molecular complexity index is 1270. The summed E-state index contributed by atoms with van der Waals surface area (Å²) in [6, 6.07) is 17.0. The Kier molecular flexibility index (Phi) is 7.55. The van der Waals surface area contributed by atoms with Gasteiger partial charge in [0.2, 0.25) is 5.78 Å². The molecule has 3 aromatic rings. The number of aliphatic hydroxyl groups excluding tert-OH is 1. The highest BCUT2D eigenvalue weighted by molar-refractivity contribution is 6.42. The molecule has 2 atom stereocenters. The number of carbonyl (C=O) groups is 2. The Hall–Kier alpha value is -3.26. The van der Waals surface area contributed by atoms with Gasteiger partial charge in [-0.15, -0.1) is 0 Å². The van der Waals surface area contributed by atoms with Crippen molar-refractivity contribution in [2.45, 2.75) is 37.5 Å². The van der Waals surface area contributed by atoms with Crippen molar-refractivity contribution in [1.82, 2.24) is 10.2 Å². The van der Waals surface area contributed by atoms with Gasteiger partial charge in [0.05, 0.1) is 17.2 Å². The number of nitrogens with one attached hydrogen (secondary N) is 1. The fourth-order valence-corrected chi connectivity index (χ4v) is 4.52. The molecule has 1 aliphatic heterocycles. The van der Waals surface area contributed by atoms with Crippen LogP contribution in [0, 0.1) is 5.82 Å². The minimum Gasteiger partial charge on any atom is -0.489 e. The summed E-state index contributed by atoms with van der Waals surface area (Å²) in [5, 5.41) is 14.3. The normalized spacial score (nSPS) is 16.9. The molecule has 2 N–H and O–H groups in total. The number of ether oxygens (including phenoxy) is 1. The molecule has 6 nitrogen and oxygen atoms in total. The molecule has 8 heteroatoms. The van der Waals surface area contributed by atoms with Gasteiger partial charge in [0.25, 0.3) is 5.91 Å². The van der Waals surface area contributed by atoms with Gasteiger partial charge in [-0.05, 0) is 73.3 Å². The number of halogens is 2. The first-order chi connectivity index (χ1) is 17.9. The quantitative estimate of drug-likeness (QED) is 0.295. The van der Waals surface area contributed by atoms with Crippen LogP contribution < -0.4 is 10.1 Å². The Morgan fingerprint density at radius 3 is 2.24 bits per heavy atom. The molecule has 0 radical (unpaired) electrons. The highest BCUT2D eigenvalue weighted by Crippen LogP contribution is 2.34. The zero-order valence-electron chi connectivity index (χ0n) is 20.2. The SMILES string of the molecule is O=C(N[C@H](CN1CCC1)[C@H](O)c1ccc(OC2CC2)c(Cl)c1)C(=O)c1ccc(-c2ccc(F)cc2)cc1. The van der Waals surface area contributed by atoms with Crippen LogP contribution in [-0.2, 0) is 4.79 Å². The molecule has 3 aromatic carbocycles. The number of hydrogen-bond acceptors (Lipinski definition) is 5. The lowest BCUT2D eigenvalue weighted by Crippen LogP contribution is -2.52. The Morgan fingerprint density at radius 1 is 1.03 bits per heavy atom. The van der Waals surface area contributed by atoms with Gasteiger partial charge in [0.1, 0.15) is 17.7 Å². The van der Waals surface area contributed by atoms with Gasteiger partial charge in [-0.3, -0.25) is 9.59 Å². The second-order valence-electron chi connectivity index (χ2n) is 9.60. The molecule has 0 spiro atoms. The average molecular weight is 523 g/mol. The standard InChI is InChI=1S/C29H28ClFN2O4/c30-24-16-21(8-13-26(24)37-23-11-12-23)27(34)25(17-33-14-1-15-33)32-29(36)28(35)20-4-2-18(3-5-20)19-6-9-22(31)10-7-19/h2-10,13,16,23,25,27,34H,1,11-12,14-15,17H2,(H,32,36)/t25-,27-/m1/s1. The third-order valence-electron chi connectivity index (χ3n) is 6.75. The molecule has 1 aliphatic carbocycles. The average Bonchev–Trinajstić information content (AvgIpc) is 3.70. The van der Waals surface area contributed by atoms with Crippen molar-refractivity contribution < 1.29 is 23.8 Å². The van der Waals surface area contributed by atoms with E-state index < -0.39 is 23.8 Å². The second kappa shape index (κ2) is 11.0. The lowest BCUT2D eigenvalue weighted by atomic mass is 9.99. The molecule has 1 heterocycles. The topological polar surface area (TPSA) is 78.9 Å². The van der Waals surface area contributed by atoms with Crippen LogP contribution in [0.4, 0.5) is 4.39 Å². The van der Waals surface area contributed by atoms with E-state index in [-0.39, 0.29) is 17.5 Å². The van der Waals surface area contributed by atoms with E-state index in [1.54, 1.807) is 54.6 Å². The fourth-order valence-electron chi connectivity index (χ4n) is 4.28. The molecule has 1 saturated carbocycles. The summed E-state index contributed by atoms with van der Waals surface area (Å²) in [5.41, 5.74) is 2.36. The first-order valence-corrected chi connectivity index (χ1v) is 12.8. The summed E-state index contributed by atoms with van der Waals surface area (Å²) < 4.78 is 19.0. The lowest BCUT2D eigenvalue weighted by Gasteiger charge is -2.36. The van der Waals surface area contributed by atoms with Crippen LogP contribution in [0.5, 0.6) is 5.75 Å². The van der Waals surface area contributed by atoms with Crippen LogP contribution in [0.2, 0.25) is 5.02 Å². The van der Waals surface area contributed by atoms with Crippen molar-refractivity contribution in [3.63, 3.8) is 0 Å². The third kappa shape index (κ3) is 6.18. The van der Waals surface area contributed by atoms with Crippen LogP contribution in [-0.4, -0.2) is 53.5 Å². The molecule has 2 fully saturated rings. The lowest BCUT2D eigenvalue weighted by molar-refractivity contribution is -0.118. The van der Waals surface area contributed by atoms with E-state index in [0.29, 0.717) is 22.9 Å². The van der Waals surface area contributed by atoms with Crippen LogP contribution in [0.15, 0.2) is 66.7 Å². The van der Waals surface area contributed by atoms with Crippen molar-refractivity contribution in [2.24, 2.45) is 0 Å². The summed E-state index contributed by atoms with van der Waals surface area (Å²) in [7, 11) is 0. The van der Waals surface area contributed by atoms with Gasteiger partial charge in [0.15, 0.2) is 0 Å². The van der Waals surface area contributed by atoms with Crippen molar-refractivity contribution in [3.05, 3.63) is 88.7 Å². The zero-order valence-corrected chi connectivity index (χ0v) is 21.0. The third-order valence-corrected chi connectivity index (χ3v) is 7.04. The van der Waals surface area contributed by atoms with Crippen LogP contribution in [0.1, 0.15) is 41.3 Å². The number of rotatable bonds is 10. The van der Waals surface area contributed by atoms with E-state index in [2.05, 4.69) is 10.2 Å². The predicted molar refractivity (Wildman–Crippen MR) is 139 cm³/mol. The first-order valence-electron chi connectivity index (χ1n) is 12.4. The second-order valence-corrected chi connectivity index (χ2v) is 10.0. The van der Waals surface area contributed by atoms with E-state index in [4.69, 9.17) is 16.3 Å². The fraction of sp³-hybridized carbons (Fsp3) is 0.310. The Balaban J connectivity index is 1.28. The Labute approximate surface area is 220 Å². The van der Waals surface area contributed by atoms with E-state index >= 15 is 0 Å². The predicted octanol–water partition coefficient (Wildman–Crippen LogP) is 4.79. The van der Waals surface area contributed by atoms with Crippen LogP contribution >= 0.6 is 11.6 Å². The number of Topliss-reactive ketones (excluding diaryl/α,β-unsaturated/α-hetero) is 1. The number of hydrogen-bond donors (Lipinski definition) is 2. The highest BCUT2D eigenvalue weighted by Gasteiger charge is 2.30. The van der Waals surface area contributed by atoms with E-state index in [0.717, 1.165) is 43.5 Å². The molecule has 0 bridgehead atoms. The molecule has 2 aliphatic rings. The van der Waals surface area contributed by atoms with Gasteiger partial charge in [-0.25, -0.2) is 4.39 Å². The van der Waals surface area contributed by atoms with E-state index in [1.807, 2.05) is 0 Å². The van der Waals surface area contributed by atoms with Crippen molar-refractivity contribution >= 4 is 23.3 Å². The van der Waals surface area contributed by atoms with E-state index in [9.17, 15) is 19.1 Å². The molecule has 1 saturated heterocycles. The van der Waals surface area contributed by atoms with E-state index in [1.165, 1.54) is 12.1 Å². The zero-order chi connectivity index (χ0) is 25.9. The van der Waals surface area contributed by atoms with Gasteiger partial charge in [-0.2, -0.15) is 0 Å². The Morgan fingerprint density at radius 2 is 1.68 bits per heavy atom. The summed E-state index contributed by atoms with van der Waals surface area (Å²) >= 11 is 6.39. The largest absolute Gasteiger partial charge is 0.489 e. The number of carbonyl (C=O) groups excluding carboxylic acids is 2. The number of ketones is 1. The number of aliphatic hydroxyl groups is 1. The number of benzene rings is 3. The van der Waals surface area contributed by atoms with Crippen molar-refractivity contribution in [1.29, 1.82) is 0 Å². The van der Waals surface area contributed by atoms with Crippen LogP contribution in [0.25, 0.3) is 11.1 Å². The summed E-state index contributed by atoms with van der Waals surface area (Å²) in [6.45, 7) is 2.14. The van der Waals surface area contributed by atoms with Crippen molar-refractivity contribution in [3.8, 4) is 16.9 Å². The molecule has 0 unspecified atom stereocenters. The number of amides is 1. The number of likely N-dealkylation sites (tertiary alicyclic amines) is 1. The minimum atomic E-state index is -1.06. The highest BCUT2D eigenvalue weighted by atomic mass is 35.5. The number of nitrogens with zero attached hydrogens (tertiary/aromatic N) is 1. The molecule has 37 heavy (non-hydrogen) atoms. The smallest absolute Gasteiger partial charge is 0.292 e. The summed E-state index contributed by atoms with van der Waals surface area (Å²) in [4.78, 5) is 28.0. The molecule has 1 amide bonds. The van der Waals surface area contributed by atoms with Crippen molar-refractivity contribution in [2.75, 3.05) is 19.6 Å².